The molecule has 2 aromatic carbocycles. The summed E-state index contributed by atoms with van der Waals surface area (Å²) in [7, 11) is 0. The number of anilines is 2. The minimum atomic E-state index is -0.164. The summed E-state index contributed by atoms with van der Waals surface area (Å²) in [4.78, 5) is 26.9. The number of benzene rings is 2. The summed E-state index contributed by atoms with van der Waals surface area (Å²) < 4.78 is 5.02. The number of amides is 2. The Kier molecular flexibility index (Phi) is 5.71. The lowest BCUT2D eigenvalue weighted by atomic mass is 10.1. The lowest BCUT2D eigenvalue weighted by Gasteiger charge is -2.17. The minimum absolute atomic E-state index is 0.0183. The molecule has 29 heavy (non-hydrogen) atoms. The van der Waals surface area contributed by atoms with Crippen LogP contribution in [-0.2, 0) is 17.0 Å². The average molecular weight is 407 g/mol. The highest BCUT2D eigenvalue weighted by molar-refractivity contribution is 7.99. The van der Waals surface area contributed by atoms with Crippen LogP contribution in [0.15, 0.2) is 71.5 Å². The van der Waals surface area contributed by atoms with E-state index in [-0.39, 0.29) is 17.1 Å². The molecule has 0 saturated carbocycles. The van der Waals surface area contributed by atoms with Crippen molar-refractivity contribution in [3.63, 3.8) is 0 Å². The van der Waals surface area contributed by atoms with E-state index in [4.69, 9.17) is 4.42 Å². The molecule has 2 amide bonds. The summed E-state index contributed by atoms with van der Waals surface area (Å²) >= 11 is 1.61. The zero-order chi connectivity index (χ0) is 20.2. The van der Waals surface area contributed by atoms with Crippen molar-refractivity contribution in [1.29, 1.82) is 0 Å². The number of fused-ring (bicyclic) bond motifs is 1. The van der Waals surface area contributed by atoms with Crippen LogP contribution in [0.25, 0.3) is 0 Å². The van der Waals surface area contributed by atoms with Gasteiger partial charge < -0.3 is 14.6 Å². The molecular formula is C23H22N2O3S. The molecule has 0 aliphatic carbocycles. The average Bonchev–Trinajstić information content (AvgIpc) is 3.42. The number of nitrogens with zero attached hydrogens (tertiary/aromatic N) is 1. The third-order valence-electron chi connectivity index (χ3n) is 4.97. The smallest absolute Gasteiger partial charge is 0.261 e. The second-order valence-corrected chi connectivity index (χ2v) is 8.32. The third-order valence-corrected chi connectivity index (χ3v) is 6.18. The van der Waals surface area contributed by atoms with Gasteiger partial charge in [0, 0.05) is 23.7 Å². The van der Waals surface area contributed by atoms with Crippen LogP contribution >= 0.6 is 11.8 Å². The number of hydrogen-bond acceptors (Lipinski definition) is 4. The largest absolute Gasteiger partial charge is 0.472 e. The van der Waals surface area contributed by atoms with Gasteiger partial charge >= 0.3 is 0 Å². The number of thioether (sulfide) groups is 1. The fourth-order valence-corrected chi connectivity index (χ4v) is 4.19. The van der Waals surface area contributed by atoms with Crippen molar-refractivity contribution >= 4 is 35.0 Å². The van der Waals surface area contributed by atoms with Gasteiger partial charge in [-0.05, 0) is 48.7 Å². The maximum Gasteiger partial charge on any atom is 0.261 e. The van der Waals surface area contributed by atoms with E-state index in [1.807, 2.05) is 43.3 Å². The molecule has 148 valence electrons. The maximum atomic E-state index is 12.6. The molecule has 1 aromatic heterocycles. The van der Waals surface area contributed by atoms with Crippen LogP contribution in [-0.4, -0.2) is 23.6 Å². The summed E-state index contributed by atoms with van der Waals surface area (Å²) in [6, 6.07) is 17.5. The predicted molar refractivity (Wildman–Crippen MR) is 116 cm³/mol. The molecule has 5 nitrogen and oxygen atoms in total. The highest BCUT2D eigenvalue weighted by Gasteiger charge is 2.26. The highest BCUT2D eigenvalue weighted by atomic mass is 32.2. The Labute approximate surface area is 174 Å². The quantitative estimate of drug-likeness (QED) is 0.642. The van der Waals surface area contributed by atoms with Crippen molar-refractivity contribution in [1.82, 2.24) is 0 Å². The Balaban J connectivity index is 1.38. The molecule has 6 heteroatoms. The third kappa shape index (κ3) is 4.38. The first kappa shape index (κ1) is 19.3. The Hall–Kier alpha value is -2.99. The molecule has 1 N–H and O–H groups in total. The highest BCUT2D eigenvalue weighted by Crippen LogP contribution is 2.32. The van der Waals surface area contributed by atoms with E-state index in [1.165, 1.54) is 18.1 Å². The van der Waals surface area contributed by atoms with Crippen LogP contribution in [0.5, 0.6) is 0 Å². The fourth-order valence-electron chi connectivity index (χ4n) is 3.35. The number of carbonyl (C=O) groups excluding carboxylic acids is 2. The van der Waals surface area contributed by atoms with Crippen LogP contribution in [0.1, 0.15) is 28.4 Å². The van der Waals surface area contributed by atoms with E-state index in [0.717, 1.165) is 29.1 Å². The van der Waals surface area contributed by atoms with Crippen LogP contribution in [0.4, 0.5) is 11.4 Å². The van der Waals surface area contributed by atoms with Gasteiger partial charge in [-0.2, -0.15) is 0 Å². The zero-order valence-electron chi connectivity index (χ0n) is 16.1. The lowest BCUT2D eigenvalue weighted by molar-refractivity contribution is -0.115. The van der Waals surface area contributed by atoms with Gasteiger partial charge in [-0.15, -0.1) is 11.8 Å². The van der Waals surface area contributed by atoms with E-state index < -0.39 is 0 Å². The van der Waals surface area contributed by atoms with Crippen LogP contribution in [0.2, 0.25) is 0 Å². The van der Waals surface area contributed by atoms with Gasteiger partial charge in [-0.1, -0.05) is 30.3 Å². The van der Waals surface area contributed by atoms with Gasteiger partial charge in [0.1, 0.15) is 6.26 Å². The standard InChI is InChI=1S/C23H22N2O3S/c1-16(29-15-17-5-3-2-4-6-17)22(26)24-20-7-8-21-18(13-20)9-11-25(21)23(27)19-10-12-28-14-19/h2-8,10,12-14,16H,9,11,15H2,1H3,(H,24,26). The molecule has 1 atom stereocenters. The number of nitrogens with one attached hydrogen (secondary N) is 1. The normalized spacial score (nSPS) is 13.8. The SMILES string of the molecule is CC(SCc1ccccc1)C(=O)Nc1ccc2c(c1)CCN2C(=O)c1ccoc1. The predicted octanol–water partition coefficient (Wildman–Crippen LogP) is 4.74. The second-order valence-electron chi connectivity index (χ2n) is 6.99. The monoisotopic (exact) mass is 406 g/mol. The van der Waals surface area contributed by atoms with Gasteiger partial charge in [-0.25, -0.2) is 0 Å². The van der Waals surface area contributed by atoms with Crippen molar-refractivity contribution in [3.8, 4) is 0 Å². The topological polar surface area (TPSA) is 62.6 Å². The Bertz CT molecular complexity index is 1000. The molecule has 1 aliphatic rings. The van der Waals surface area contributed by atoms with Crippen molar-refractivity contribution in [2.24, 2.45) is 0 Å². The van der Waals surface area contributed by atoms with E-state index in [1.54, 1.807) is 22.7 Å². The van der Waals surface area contributed by atoms with Crippen molar-refractivity contribution in [2.75, 3.05) is 16.8 Å². The summed E-state index contributed by atoms with van der Waals surface area (Å²) in [5.41, 5.74) is 4.46. The van der Waals surface area contributed by atoms with E-state index in [9.17, 15) is 9.59 Å². The second kappa shape index (κ2) is 8.57. The molecule has 4 rings (SSSR count). The molecule has 0 radical (unpaired) electrons. The number of furan rings is 1. The Morgan fingerprint density at radius 3 is 2.76 bits per heavy atom. The molecule has 1 aliphatic heterocycles. The van der Waals surface area contributed by atoms with Gasteiger partial charge in [-0.3, -0.25) is 9.59 Å². The summed E-state index contributed by atoms with van der Waals surface area (Å²) in [5.74, 6) is 0.709. The minimum Gasteiger partial charge on any atom is -0.472 e. The molecule has 0 bridgehead atoms. The number of hydrogen-bond donors (Lipinski definition) is 1. The first-order chi connectivity index (χ1) is 14.1. The van der Waals surface area contributed by atoms with Gasteiger partial charge in [0.2, 0.25) is 5.91 Å². The summed E-state index contributed by atoms with van der Waals surface area (Å²) in [5, 5.41) is 2.84. The molecule has 0 spiro atoms. The molecule has 1 unspecified atom stereocenters. The number of rotatable bonds is 6. The molecule has 3 aromatic rings. The maximum absolute atomic E-state index is 12.6. The summed E-state index contributed by atoms with van der Waals surface area (Å²) in [6.07, 6.45) is 3.73. The zero-order valence-corrected chi connectivity index (χ0v) is 16.9. The van der Waals surface area contributed by atoms with Gasteiger partial charge in [0.05, 0.1) is 17.1 Å². The van der Waals surface area contributed by atoms with E-state index >= 15 is 0 Å². The van der Waals surface area contributed by atoms with Crippen LogP contribution in [0, 0.1) is 0 Å². The molecule has 0 saturated heterocycles. The molecular weight excluding hydrogens is 384 g/mol. The van der Waals surface area contributed by atoms with Gasteiger partial charge in [0.25, 0.3) is 5.91 Å². The first-order valence-corrected chi connectivity index (χ1v) is 10.6. The van der Waals surface area contributed by atoms with E-state index in [0.29, 0.717) is 12.1 Å². The fraction of sp³-hybridized carbons (Fsp3) is 0.217. The van der Waals surface area contributed by atoms with Crippen molar-refractivity contribution in [3.05, 3.63) is 83.8 Å². The first-order valence-electron chi connectivity index (χ1n) is 9.55. The molecule has 0 fully saturated rings. The van der Waals surface area contributed by atoms with Crippen molar-refractivity contribution in [2.45, 2.75) is 24.3 Å². The van der Waals surface area contributed by atoms with E-state index in [2.05, 4.69) is 17.4 Å². The van der Waals surface area contributed by atoms with Gasteiger partial charge in [0.15, 0.2) is 0 Å². The summed E-state index contributed by atoms with van der Waals surface area (Å²) in [6.45, 7) is 2.54. The Morgan fingerprint density at radius 1 is 1.17 bits per heavy atom. The number of carbonyl (C=O) groups is 2. The molecule has 2 heterocycles. The lowest BCUT2D eigenvalue weighted by Crippen LogP contribution is -2.28. The van der Waals surface area contributed by atoms with Crippen molar-refractivity contribution < 1.29 is 14.0 Å². The Morgan fingerprint density at radius 2 is 2.00 bits per heavy atom. The van der Waals surface area contributed by atoms with Crippen LogP contribution < -0.4 is 10.2 Å². The van der Waals surface area contributed by atoms with Crippen LogP contribution in [0.3, 0.4) is 0 Å².